The van der Waals surface area contributed by atoms with Crippen LogP contribution in [0.5, 0.6) is 0 Å². The summed E-state index contributed by atoms with van der Waals surface area (Å²) in [5.41, 5.74) is 0. The van der Waals surface area contributed by atoms with Gasteiger partial charge in [0.05, 0.1) is 18.2 Å². The van der Waals surface area contributed by atoms with Crippen LogP contribution in [0.25, 0.3) is 10.1 Å². The van der Waals surface area contributed by atoms with E-state index in [1.807, 2.05) is 0 Å². The van der Waals surface area contributed by atoms with Crippen LogP contribution in [0.3, 0.4) is 0 Å². The van der Waals surface area contributed by atoms with Crippen molar-refractivity contribution in [3.05, 3.63) is 33.9 Å². The predicted octanol–water partition coefficient (Wildman–Crippen LogP) is 3.10. The molecule has 24 heavy (non-hydrogen) atoms. The zero-order valence-electron chi connectivity index (χ0n) is 12.9. The van der Waals surface area contributed by atoms with Crippen molar-refractivity contribution in [3.8, 4) is 0 Å². The van der Waals surface area contributed by atoms with Gasteiger partial charge in [0.25, 0.3) is 5.91 Å². The number of hydrogen-bond donors (Lipinski definition) is 0. The molecule has 1 aromatic heterocycles. The molecule has 1 aliphatic heterocycles. The maximum Gasteiger partial charge on any atom is 0.350 e. The van der Waals surface area contributed by atoms with Crippen LogP contribution in [-0.2, 0) is 14.3 Å². The molecule has 1 aliphatic rings. The Bertz CT molecular complexity index is 788. The summed E-state index contributed by atoms with van der Waals surface area (Å²) in [6.45, 7) is 3.42. The van der Waals surface area contributed by atoms with E-state index in [-0.39, 0.29) is 15.8 Å². The van der Waals surface area contributed by atoms with Gasteiger partial charge in [-0.1, -0.05) is 11.6 Å². The van der Waals surface area contributed by atoms with Crippen LogP contribution in [0.1, 0.15) is 16.6 Å². The van der Waals surface area contributed by atoms with E-state index >= 15 is 0 Å². The first-order valence-electron chi connectivity index (χ1n) is 7.42. The molecule has 0 N–H and O–H groups in total. The van der Waals surface area contributed by atoms with Crippen molar-refractivity contribution >= 4 is 44.9 Å². The van der Waals surface area contributed by atoms with Gasteiger partial charge in [0, 0.05) is 23.2 Å². The Balaban J connectivity index is 1.74. The number of rotatable bonds is 3. The van der Waals surface area contributed by atoms with E-state index in [1.54, 1.807) is 4.90 Å². The summed E-state index contributed by atoms with van der Waals surface area (Å²) >= 11 is 7.24. The zero-order valence-corrected chi connectivity index (χ0v) is 14.5. The second-order valence-corrected chi connectivity index (χ2v) is 6.80. The number of carbonyl (C=O) groups is 2. The molecule has 128 valence electrons. The van der Waals surface area contributed by atoms with Gasteiger partial charge in [-0.2, -0.15) is 0 Å². The first-order chi connectivity index (χ1) is 11.5. The molecule has 0 bridgehead atoms. The fourth-order valence-corrected chi connectivity index (χ4v) is 3.89. The fourth-order valence-electron chi connectivity index (χ4n) is 2.48. The van der Waals surface area contributed by atoms with E-state index in [1.165, 1.54) is 25.1 Å². The number of carbonyl (C=O) groups excluding carboxylic acids is 2. The van der Waals surface area contributed by atoms with Crippen LogP contribution in [-0.4, -0.2) is 49.2 Å². The van der Waals surface area contributed by atoms with Crippen LogP contribution in [0.2, 0.25) is 5.02 Å². The summed E-state index contributed by atoms with van der Waals surface area (Å²) in [5.74, 6) is -1.36. The number of benzene rings is 1. The van der Waals surface area contributed by atoms with Crippen molar-refractivity contribution in [2.24, 2.45) is 0 Å². The average Bonchev–Trinajstić information content (AvgIpc) is 2.91. The third kappa shape index (κ3) is 3.38. The van der Waals surface area contributed by atoms with E-state index in [9.17, 15) is 14.0 Å². The van der Waals surface area contributed by atoms with Gasteiger partial charge in [-0.05, 0) is 25.1 Å². The van der Waals surface area contributed by atoms with Crippen LogP contribution in [0.15, 0.2) is 18.2 Å². The molecule has 0 aliphatic carbocycles. The summed E-state index contributed by atoms with van der Waals surface area (Å²) in [6.07, 6.45) is -0.923. The molecule has 1 saturated heterocycles. The van der Waals surface area contributed by atoms with Gasteiger partial charge in [0.2, 0.25) is 0 Å². The molecule has 1 atom stereocenters. The van der Waals surface area contributed by atoms with Crippen molar-refractivity contribution in [2.45, 2.75) is 13.0 Å². The van der Waals surface area contributed by atoms with E-state index in [0.717, 1.165) is 11.3 Å². The zero-order chi connectivity index (χ0) is 17.3. The Morgan fingerprint density at radius 1 is 1.38 bits per heavy atom. The summed E-state index contributed by atoms with van der Waals surface area (Å²) in [5, 5.41) is 0.799. The normalized spacial score (nSPS) is 16.2. The largest absolute Gasteiger partial charge is 0.448 e. The number of hydrogen-bond acceptors (Lipinski definition) is 5. The number of amides is 1. The van der Waals surface area contributed by atoms with Crippen LogP contribution < -0.4 is 0 Å². The molecular weight excluding hydrogens is 357 g/mol. The van der Waals surface area contributed by atoms with Crippen molar-refractivity contribution in [1.82, 2.24) is 4.90 Å². The third-order valence-electron chi connectivity index (χ3n) is 3.73. The van der Waals surface area contributed by atoms with Crippen LogP contribution in [0, 0.1) is 5.82 Å². The quantitative estimate of drug-likeness (QED) is 0.778. The number of ether oxygens (including phenoxy) is 2. The van der Waals surface area contributed by atoms with Gasteiger partial charge < -0.3 is 14.4 Å². The minimum atomic E-state index is -0.923. The van der Waals surface area contributed by atoms with Gasteiger partial charge >= 0.3 is 5.97 Å². The lowest BCUT2D eigenvalue weighted by Gasteiger charge is -2.28. The number of morpholine rings is 1. The van der Waals surface area contributed by atoms with E-state index in [4.69, 9.17) is 21.1 Å². The first kappa shape index (κ1) is 17.1. The Morgan fingerprint density at radius 2 is 2.08 bits per heavy atom. The fraction of sp³-hybridized carbons (Fsp3) is 0.375. The topological polar surface area (TPSA) is 55.8 Å². The first-order valence-corrected chi connectivity index (χ1v) is 8.62. The summed E-state index contributed by atoms with van der Waals surface area (Å²) < 4.78 is 24.3. The van der Waals surface area contributed by atoms with Crippen LogP contribution >= 0.6 is 22.9 Å². The van der Waals surface area contributed by atoms with Gasteiger partial charge in [-0.3, -0.25) is 4.79 Å². The van der Waals surface area contributed by atoms with E-state index in [0.29, 0.717) is 36.4 Å². The van der Waals surface area contributed by atoms with Crippen LogP contribution in [0.4, 0.5) is 4.39 Å². The number of halogens is 2. The molecule has 1 amide bonds. The van der Waals surface area contributed by atoms with Crippen molar-refractivity contribution in [3.63, 3.8) is 0 Å². The maximum atomic E-state index is 13.3. The molecule has 0 radical (unpaired) electrons. The molecule has 3 rings (SSSR count). The molecule has 2 aromatic rings. The summed E-state index contributed by atoms with van der Waals surface area (Å²) in [6, 6.07) is 4.11. The van der Waals surface area contributed by atoms with E-state index in [2.05, 4.69) is 0 Å². The molecule has 2 heterocycles. The van der Waals surface area contributed by atoms with Gasteiger partial charge in [0.15, 0.2) is 6.10 Å². The molecule has 0 spiro atoms. The number of nitrogens with zero attached hydrogens (tertiary/aromatic N) is 1. The lowest BCUT2D eigenvalue weighted by Crippen LogP contribution is -2.46. The van der Waals surface area contributed by atoms with Crippen molar-refractivity contribution < 1.29 is 23.5 Å². The molecule has 1 fully saturated rings. The van der Waals surface area contributed by atoms with Gasteiger partial charge in [0.1, 0.15) is 10.7 Å². The lowest BCUT2D eigenvalue weighted by atomic mass is 10.2. The Morgan fingerprint density at radius 3 is 2.79 bits per heavy atom. The standard InChI is InChI=1S/C16H15ClFNO4S/c1-9(15(20)19-4-6-22-7-5-19)23-16(21)14-13(17)11-3-2-10(18)8-12(11)24-14/h2-3,8-9H,4-7H2,1H3/t9-/m0/s1. The van der Waals surface area contributed by atoms with Gasteiger partial charge in [-0.15, -0.1) is 11.3 Å². The molecule has 8 heteroatoms. The highest BCUT2D eigenvalue weighted by Crippen LogP contribution is 2.36. The predicted molar refractivity (Wildman–Crippen MR) is 89.1 cm³/mol. The average molecular weight is 372 g/mol. The highest BCUT2D eigenvalue weighted by Gasteiger charge is 2.27. The molecule has 5 nitrogen and oxygen atoms in total. The van der Waals surface area contributed by atoms with Crippen molar-refractivity contribution in [1.29, 1.82) is 0 Å². The second kappa shape index (κ2) is 7.04. The monoisotopic (exact) mass is 371 g/mol. The minimum absolute atomic E-state index is 0.166. The highest BCUT2D eigenvalue weighted by atomic mass is 35.5. The lowest BCUT2D eigenvalue weighted by molar-refractivity contribution is -0.143. The second-order valence-electron chi connectivity index (χ2n) is 5.37. The summed E-state index contributed by atoms with van der Waals surface area (Å²) in [7, 11) is 0. The molecule has 0 unspecified atom stereocenters. The molecule has 1 aromatic carbocycles. The highest BCUT2D eigenvalue weighted by molar-refractivity contribution is 7.21. The smallest absolute Gasteiger partial charge is 0.350 e. The molecular formula is C16H15ClFNO4S. The maximum absolute atomic E-state index is 13.3. The van der Waals surface area contributed by atoms with Crippen molar-refractivity contribution in [2.75, 3.05) is 26.3 Å². The molecule has 0 saturated carbocycles. The number of thiophene rings is 1. The number of esters is 1. The Hall–Kier alpha value is -1.70. The SMILES string of the molecule is C[C@H](OC(=O)c1sc2cc(F)ccc2c1Cl)C(=O)N1CCOCC1. The Labute approximate surface area is 146 Å². The van der Waals surface area contributed by atoms with E-state index < -0.39 is 17.9 Å². The van der Waals surface area contributed by atoms with Gasteiger partial charge in [-0.25, -0.2) is 9.18 Å². The third-order valence-corrected chi connectivity index (χ3v) is 5.37. The summed E-state index contributed by atoms with van der Waals surface area (Å²) in [4.78, 5) is 26.4. The number of fused-ring (bicyclic) bond motifs is 1. The Kier molecular flexibility index (Phi) is 5.03. The minimum Gasteiger partial charge on any atom is -0.448 e.